The Hall–Kier alpha value is -2.87. The summed E-state index contributed by atoms with van der Waals surface area (Å²) in [6.07, 6.45) is 2.70. The molecule has 9 heteroatoms. The van der Waals surface area contributed by atoms with E-state index in [9.17, 15) is 10.1 Å². The Morgan fingerprint density at radius 2 is 2.18 bits per heavy atom. The van der Waals surface area contributed by atoms with E-state index in [1.807, 2.05) is 19.1 Å². The first-order chi connectivity index (χ1) is 13.6. The molecule has 1 saturated heterocycles. The number of hydrogen-bond acceptors (Lipinski definition) is 5. The second-order valence-corrected chi connectivity index (χ2v) is 6.91. The number of non-ortho nitro benzene ring substituents is 1. The molecule has 1 atom stereocenters. The van der Waals surface area contributed by atoms with Gasteiger partial charge in [0.15, 0.2) is 5.96 Å². The lowest BCUT2D eigenvalue weighted by Gasteiger charge is -2.20. The van der Waals surface area contributed by atoms with E-state index in [0.29, 0.717) is 11.6 Å². The first-order valence-electron chi connectivity index (χ1n) is 9.20. The number of anilines is 1. The third-order valence-corrected chi connectivity index (χ3v) is 4.77. The van der Waals surface area contributed by atoms with Crippen molar-refractivity contribution in [3.8, 4) is 0 Å². The molecule has 0 bridgehead atoms. The third-order valence-electron chi connectivity index (χ3n) is 4.48. The normalized spacial score (nSPS) is 16.9. The SMILES string of the molecule is CCNC(=NCc1ccc([N+](=O)[O-])cc1)NC1CCN(c2ncccc2Cl)C1. The number of guanidine groups is 1. The Morgan fingerprint density at radius 3 is 2.86 bits per heavy atom. The lowest BCUT2D eigenvalue weighted by Crippen LogP contribution is -2.44. The number of aromatic nitrogens is 1. The fraction of sp³-hybridized carbons (Fsp3) is 0.368. The number of rotatable bonds is 6. The molecule has 1 aliphatic rings. The molecular weight excluding hydrogens is 380 g/mol. The summed E-state index contributed by atoms with van der Waals surface area (Å²) in [5.74, 6) is 1.53. The summed E-state index contributed by atoms with van der Waals surface area (Å²) in [7, 11) is 0. The second-order valence-electron chi connectivity index (χ2n) is 6.50. The summed E-state index contributed by atoms with van der Waals surface area (Å²) in [4.78, 5) is 21.5. The first-order valence-corrected chi connectivity index (χ1v) is 9.58. The van der Waals surface area contributed by atoms with E-state index in [1.165, 1.54) is 12.1 Å². The molecule has 0 spiro atoms. The van der Waals surface area contributed by atoms with Gasteiger partial charge in [-0.3, -0.25) is 10.1 Å². The maximum atomic E-state index is 10.7. The number of benzene rings is 1. The molecular formula is C19H23ClN6O2. The highest BCUT2D eigenvalue weighted by Crippen LogP contribution is 2.25. The predicted molar refractivity (Wildman–Crippen MR) is 111 cm³/mol. The summed E-state index contributed by atoms with van der Waals surface area (Å²) in [5, 5.41) is 18.1. The van der Waals surface area contributed by atoms with Crippen LogP contribution in [-0.4, -0.2) is 41.5 Å². The summed E-state index contributed by atoms with van der Waals surface area (Å²) in [5.41, 5.74) is 0.994. The molecule has 3 rings (SSSR count). The number of aliphatic imine (C=N–C) groups is 1. The molecule has 1 fully saturated rings. The van der Waals surface area contributed by atoms with Gasteiger partial charge in [0.2, 0.25) is 0 Å². The van der Waals surface area contributed by atoms with Gasteiger partial charge in [-0.2, -0.15) is 0 Å². The number of nitro groups is 1. The molecule has 1 aliphatic heterocycles. The van der Waals surface area contributed by atoms with E-state index in [1.54, 1.807) is 18.3 Å². The molecule has 148 valence electrons. The molecule has 28 heavy (non-hydrogen) atoms. The Kier molecular flexibility index (Phi) is 6.65. The monoisotopic (exact) mass is 402 g/mol. The quantitative estimate of drug-likeness (QED) is 0.334. The standard InChI is InChI=1S/C19H23ClN6O2/c1-2-21-19(23-12-14-5-7-16(8-6-14)26(27)28)24-15-9-11-25(13-15)18-17(20)4-3-10-22-18/h3-8,10,15H,2,9,11-13H2,1H3,(H2,21,23,24). The number of nitrogens with zero attached hydrogens (tertiary/aromatic N) is 4. The van der Waals surface area contributed by atoms with Crippen molar-refractivity contribution in [3.05, 3.63) is 63.3 Å². The minimum absolute atomic E-state index is 0.0805. The molecule has 2 aromatic rings. The van der Waals surface area contributed by atoms with Crippen molar-refractivity contribution in [1.82, 2.24) is 15.6 Å². The predicted octanol–water partition coefficient (Wildman–Crippen LogP) is 2.98. The highest BCUT2D eigenvalue weighted by molar-refractivity contribution is 6.32. The molecule has 1 aromatic carbocycles. The Bertz CT molecular complexity index is 843. The van der Waals surface area contributed by atoms with E-state index in [0.717, 1.165) is 43.4 Å². The van der Waals surface area contributed by atoms with Crippen LogP contribution < -0.4 is 15.5 Å². The van der Waals surface area contributed by atoms with Crippen LogP contribution in [0.3, 0.4) is 0 Å². The fourth-order valence-electron chi connectivity index (χ4n) is 3.09. The lowest BCUT2D eigenvalue weighted by atomic mass is 10.2. The smallest absolute Gasteiger partial charge is 0.269 e. The third kappa shape index (κ3) is 5.10. The van der Waals surface area contributed by atoms with Gasteiger partial charge >= 0.3 is 0 Å². The molecule has 0 amide bonds. The van der Waals surface area contributed by atoms with Gasteiger partial charge in [-0.05, 0) is 31.0 Å². The number of nitro benzene ring substituents is 1. The van der Waals surface area contributed by atoms with Crippen molar-refractivity contribution in [2.45, 2.75) is 25.9 Å². The van der Waals surface area contributed by atoms with Crippen LogP contribution >= 0.6 is 11.6 Å². The molecule has 2 heterocycles. The van der Waals surface area contributed by atoms with Gasteiger partial charge in [0.1, 0.15) is 5.82 Å². The summed E-state index contributed by atoms with van der Waals surface area (Å²) < 4.78 is 0. The van der Waals surface area contributed by atoms with Gasteiger partial charge in [-0.25, -0.2) is 9.98 Å². The maximum Gasteiger partial charge on any atom is 0.269 e. The van der Waals surface area contributed by atoms with Crippen molar-refractivity contribution >= 4 is 29.1 Å². The zero-order chi connectivity index (χ0) is 19.9. The van der Waals surface area contributed by atoms with Crippen molar-refractivity contribution in [2.24, 2.45) is 4.99 Å². The zero-order valence-corrected chi connectivity index (χ0v) is 16.4. The Labute approximate surface area is 168 Å². The number of hydrogen-bond donors (Lipinski definition) is 2. The van der Waals surface area contributed by atoms with Gasteiger partial charge in [0.05, 0.1) is 16.5 Å². The molecule has 1 aromatic heterocycles. The topological polar surface area (TPSA) is 95.7 Å². The molecule has 0 radical (unpaired) electrons. The zero-order valence-electron chi connectivity index (χ0n) is 15.6. The molecule has 0 saturated carbocycles. The van der Waals surface area contributed by atoms with Crippen LogP contribution in [0, 0.1) is 10.1 Å². The first kappa shape index (κ1) is 19.9. The number of pyridine rings is 1. The minimum atomic E-state index is -0.404. The highest BCUT2D eigenvalue weighted by atomic mass is 35.5. The largest absolute Gasteiger partial charge is 0.357 e. The van der Waals surface area contributed by atoms with Crippen LogP contribution in [0.15, 0.2) is 47.6 Å². The van der Waals surface area contributed by atoms with Gasteiger partial charge in [0, 0.05) is 44.0 Å². The van der Waals surface area contributed by atoms with E-state index in [4.69, 9.17) is 11.6 Å². The molecule has 2 N–H and O–H groups in total. The summed E-state index contributed by atoms with van der Waals surface area (Å²) in [6.45, 7) is 4.86. The van der Waals surface area contributed by atoms with E-state index >= 15 is 0 Å². The van der Waals surface area contributed by atoms with Gasteiger partial charge in [0.25, 0.3) is 5.69 Å². The van der Waals surface area contributed by atoms with E-state index in [-0.39, 0.29) is 11.7 Å². The number of nitrogens with one attached hydrogen (secondary N) is 2. The molecule has 8 nitrogen and oxygen atoms in total. The van der Waals surface area contributed by atoms with Crippen molar-refractivity contribution in [3.63, 3.8) is 0 Å². The number of halogens is 1. The van der Waals surface area contributed by atoms with E-state index in [2.05, 4.69) is 25.5 Å². The van der Waals surface area contributed by atoms with Crippen LogP contribution in [-0.2, 0) is 6.54 Å². The second kappa shape index (κ2) is 9.36. The van der Waals surface area contributed by atoms with Crippen LogP contribution in [0.4, 0.5) is 11.5 Å². The summed E-state index contributed by atoms with van der Waals surface area (Å²) in [6, 6.07) is 10.4. The summed E-state index contributed by atoms with van der Waals surface area (Å²) >= 11 is 6.25. The highest BCUT2D eigenvalue weighted by Gasteiger charge is 2.25. The van der Waals surface area contributed by atoms with Crippen LogP contribution in [0.5, 0.6) is 0 Å². The van der Waals surface area contributed by atoms with Crippen molar-refractivity contribution in [2.75, 3.05) is 24.5 Å². The van der Waals surface area contributed by atoms with Crippen molar-refractivity contribution < 1.29 is 4.92 Å². The maximum absolute atomic E-state index is 10.7. The minimum Gasteiger partial charge on any atom is -0.357 e. The van der Waals surface area contributed by atoms with Crippen molar-refractivity contribution in [1.29, 1.82) is 0 Å². The molecule has 0 aliphatic carbocycles. The van der Waals surface area contributed by atoms with Crippen LogP contribution in [0.25, 0.3) is 0 Å². The average Bonchev–Trinajstić information content (AvgIpc) is 3.15. The molecule has 1 unspecified atom stereocenters. The van der Waals surface area contributed by atoms with Gasteiger partial charge in [-0.15, -0.1) is 0 Å². The van der Waals surface area contributed by atoms with Crippen LogP contribution in [0.2, 0.25) is 5.02 Å². The van der Waals surface area contributed by atoms with Gasteiger partial charge < -0.3 is 15.5 Å². The van der Waals surface area contributed by atoms with E-state index < -0.39 is 4.92 Å². The van der Waals surface area contributed by atoms with Gasteiger partial charge in [-0.1, -0.05) is 23.7 Å². The Balaban J connectivity index is 1.60. The average molecular weight is 403 g/mol. The van der Waals surface area contributed by atoms with Crippen LogP contribution in [0.1, 0.15) is 18.9 Å². The fourth-order valence-corrected chi connectivity index (χ4v) is 3.33. The Morgan fingerprint density at radius 1 is 1.39 bits per heavy atom. The lowest BCUT2D eigenvalue weighted by molar-refractivity contribution is -0.384.